The van der Waals surface area contributed by atoms with Crippen molar-refractivity contribution in [3.8, 4) is 23.0 Å². The topological polar surface area (TPSA) is 93.2 Å². The van der Waals surface area contributed by atoms with Crippen LogP contribution in [0.25, 0.3) is 0 Å². The molecule has 2 aliphatic heterocycles. The molecule has 2 aliphatic rings. The van der Waals surface area contributed by atoms with Crippen LogP contribution in [0, 0.1) is 0 Å². The van der Waals surface area contributed by atoms with Gasteiger partial charge in [0.25, 0.3) is 23.6 Å². The van der Waals surface area contributed by atoms with E-state index < -0.39 is 64.0 Å². The summed E-state index contributed by atoms with van der Waals surface area (Å²) >= 11 is 12.2. The van der Waals surface area contributed by atoms with Crippen LogP contribution >= 0.6 is 63.7 Å². The van der Waals surface area contributed by atoms with Crippen molar-refractivity contribution in [2.24, 2.45) is 0 Å². The highest BCUT2D eigenvalue weighted by atomic mass is 79.9. The number of carbonyl (C=O) groups excluding carboxylic acids is 4. The van der Waals surface area contributed by atoms with Gasteiger partial charge in [0, 0.05) is 44.4 Å². The predicted octanol–water partition coefficient (Wildman–Crippen LogP) is 10.6. The number of benzene rings is 4. The van der Waals surface area contributed by atoms with Crippen molar-refractivity contribution in [1.82, 2.24) is 0 Å². The highest BCUT2D eigenvalue weighted by Crippen LogP contribution is 2.62. The van der Waals surface area contributed by atoms with Crippen LogP contribution < -0.4 is 19.3 Å². The molecule has 2 heterocycles. The molecule has 0 bridgehead atoms. The fraction of sp³-hybridized carbons (Fsp3) is 0.0857. The maximum Gasteiger partial charge on any atom is 0.411 e. The quantitative estimate of drug-likeness (QED) is 0.129. The Hall–Kier alpha value is -4.26. The molecule has 0 saturated carbocycles. The van der Waals surface area contributed by atoms with Crippen LogP contribution in [0.1, 0.15) is 11.1 Å². The Morgan fingerprint density at radius 1 is 0.472 bits per heavy atom. The minimum Gasteiger partial charge on any atom is -0.456 e. The van der Waals surface area contributed by atoms with E-state index in [0.717, 1.165) is 34.1 Å². The van der Waals surface area contributed by atoms with Crippen molar-refractivity contribution >= 4 is 98.7 Å². The first-order valence-corrected chi connectivity index (χ1v) is 17.8. The monoisotopic (exact) mass is 990 g/mol. The summed E-state index contributed by atoms with van der Waals surface area (Å²) < 4.78 is 105. The number of nitrogens with zero attached hydrogens (tertiary/aromatic N) is 2. The van der Waals surface area contributed by atoms with E-state index in [-0.39, 0.29) is 40.8 Å². The Bertz CT molecular complexity index is 2060. The van der Waals surface area contributed by atoms with Crippen LogP contribution in [0.4, 0.5) is 37.7 Å². The Labute approximate surface area is 328 Å². The standard InChI is InChI=1S/C35H16Br4F6N2O6/c36-17-13-23(31(25(38)15-17)52-21-5-1-19(2-6-21)46-27(48)9-10-28(46)49)33(34(40,41)42,35(43,44)45)24-14-18(37)16-26(39)32(24)53-22-7-3-20(4-8-22)47-29(50)11-12-30(47)51/h1-16H. The summed E-state index contributed by atoms with van der Waals surface area (Å²) in [5, 5.41) is 0. The van der Waals surface area contributed by atoms with Gasteiger partial charge in [0.15, 0.2) is 0 Å². The molecule has 0 spiro atoms. The molecular formula is C35H16Br4F6N2O6. The molecule has 18 heteroatoms. The molecule has 272 valence electrons. The molecule has 4 amide bonds. The third-order valence-electron chi connectivity index (χ3n) is 7.92. The fourth-order valence-corrected chi connectivity index (χ4v) is 8.29. The average Bonchev–Trinajstić information content (AvgIpc) is 3.58. The minimum absolute atomic E-state index is 0.0801. The molecule has 0 atom stereocenters. The van der Waals surface area contributed by atoms with Gasteiger partial charge in [-0.3, -0.25) is 19.2 Å². The Morgan fingerprint density at radius 2 is 0.774 bits per heavy atom. The number of amides is 4. The molecule has 4 aromatic rings. The van der Waals surface area contributed by atoms with Gasteiger partial charge in [-0.1, -0.05) is 31.9 Å². The van der Waals surface area contributed by atoms with Crippen LogP contribution in [0.5, 0.6) is 23.0 Å². The summed E-state index contributed by atoms with van der Waals surface area (Å²) in [4.78, 5) is 50.1. The van der Waals surface area contributed by atoms with Gasteiger partial charge in [0.1, 0.15) is 23.0 Å². The normalized spacial score (nSPS) is 14.9. The zero-order valence-corrected chi connectivity index (χ0v) is 32.2. The van der Waals surface area contributed by atoms with E-state index in [0.29, 0.717) is 12.1 Å². The first kappa shape index (κ1) is 38.5. The second-order valence-electron chi connectivity index (χ2n) is 11.2. The van der Waals surface area contributed by atoms with Gasteiger partial charge >= 0.3 is 12.4 Å². The lowest BCUT2D eigenvalue weighted by Crippen LogP contribution is -2.55. The number of rotatable bonds is 8. The number of carbonyl (C=O) groups is 4. The third-order valence-corrected chi connectivity index (χ3v) is 10.0. The zero-order valence-electron chi connectivity index (χ0n) is 25.9. The highest BCUT2D eigenvalue weighted by Gasteiger charge is 2.74. The molecule has 0 fully saturated rings. The molecular weight excluding hydrogens is 978 g/mol. The van der Waals surface area contributed by atoms with E-state index >= 15 is 26.3 Å². The Balaban J connectivity index is 1.52. The maximum absolute atomic E-state index is 15.8. The van der Waals surface area contributed by atoms with E-state index in [9.17, 15) is 19.2 Å². The second-order valence-corrected chi connectivity index (χ2v) is 14.7. The molecule has 0 radical (unpaired) electrons. The summed E-state index contributed by atoms with van der Waals surface area (Å²) in [6, 6.07) is 13.3. The predicted molar refractivity (Wildman–Crippen MR) is 193 cm³/mol. The molecule has 0 aromatic heterocycles. The summed E-state index contributed by atoms with van der Waals surface area (Å²) in [5.41, 5.74) is -7.46. The number of imide groups is 2. The van der Waals surface area contributed by atoms with Crippen LogP contribution in [-0.4, -0.2) is 36.0 Å². The van der Waals surface area contributed by atoms with E-state index in [1.165, 1.54) is 60.7 Å². The van der Waals surface area contributed by atoms with Crippen molar-refractivity contribution in [3.63, 3.8) is 0 Å². The van der Waals surface area contributed by atoms with Crippen molar-refractivity contribution in [1.29, 1.82) is 0 Å². The smallest absolute Gasteiger partial charge is 0.411 e. The SMILES string of the molecule is O=C1C=CC(=O)N1c1ccc(Oc2c(Br)cc(Br)cc2C(c2cc(Br)cc(Br)c2Oc2ccc(N3C(=O)C=CC3=O)cc2)(C(F)(F)F)C(F)(F)F)cc1. The van der Waals surface area contributed by atoms with Gasteiger partial charge in [0.2, 0.25) is 5.41 Å². The third kappa shape index (κ3) is 6.97. The number of hydrogen-bond acceptors (Lipinski definition) is 6. The largest absolute Gasteiger partial charge is 0.456 e. The lowest BCUT2D eigenvalue weighted by atomic mass is 9.72. The maximum atomic E-state index is 15.8. The lowest BCUT2D eigenvalue weighted by Gasteiger charge is -2.40. The van der Waals surface area contributed by atoms with Crippen molar-refractivity contribution in [3.05, 3.63) is 126 Å². The molecule has 4 aromatic carbocycles. The first-order valence-electron chi connectivity index (χ1n) is 14.6. The van der Waals surface area contributed by atoms with Gasteiger partial charge in [-0.25, -0.2) is 9.80 Å². The molecule has 0 saturated heterocycles. The number of ether oxygens (including phenoxy) is 2. The minimum atomic E-state index is -6.12. The van der Waals surface area contributed by atoms with Crippen LogP contribution in [0.3, 0.4) is 0 Å². The van der Waals surface area contributed by atoms with Gasteiger partial charge in [-0.05, 0) is 105 Å². The van der Waals surface area contributed by atoms with Crippen molar-refractivity contribution in [2.45, 2.75) is 17.8 Å². The van der Waals surface area contributed by atoms with E-state index in [1.54, 1.807) is 0 Å². The molecule has 0 aliphatic carbocycles. The Kier molecular flexibility index (Phi) is 10.3. The number of hydrogen-bond donors (Lipinski definition) is 0. The molecule has 6 rings (SSSR count). The molecule has 8 nitrogen and oxygen atoms in total. The summed E-state index contributed by atoms with van der Waals surface area (Å²) in [6.07, 6.45) is -8.10. The number of alkyl halides is 6. The first-order chi connectivity index (χ1) is 24.8. The second kappa shape index (κ2) is 14.2. The van der Waals surface area contributed by atoms with Crippen LogP contribution in [0.2, 0.25) is 0 Å². The fourth-order valence-electron chi connectivity index (χ4n) is 5.67. The van der Waals surface area contributed by atoms with Gasteiger partial charge < -0.3 is 9.47 Å². The van der Waals surface area contributed by atoms with E-state index in [2.05, 4.69) is 63.7 Å². The van der Waals surface area contributed by atoms with Gasteiger partial charge in [0.05, 0.1) is 20.3 Å². The Morgan fingerprint density at radius 3 is 1.06 bits per heavy atom. The zero-order chi connectivity index (χ0) is 38.6. The van der Waals surface area contributed by atoms with E-state index in [1.807, 2.05) is 0 Å². The summed E-state index contributed by atoms with van der Waals surface area (Å²) in [6.45, 7) is 0. The summed E-state index contributed by atoms with van der Waals surface area (Å²) in [7, 11) is 0. The number of anilines is 2. The van der Waals surface area contributed by atoms with Gasteiger partial charge in [-0.2, -0.15) is 26.3 Å². The highest BCUT2D eigenvalue weighted by molar-refractivity contribution is 9.11. The molecule has 0 unspecified atom stereocenters. The van der Waals surface area contributed by atoms with E-state index in [4.69, 9.17) is 9.47 Å². The lowest BCUT2D eigenvalue weighted by molar-refractivity contribution is -0.289. The number of halogens is 10. The van der Waals surface area contributed by atoms with Gasteiger partial charge in [-0.15, -0.1) is 0 Å². The molecule has 53 heavy (non-hydrogen) atoms. The van der Waals surface area contributed by atoms with Crippen molar-refractivity contribution in [2.75, 3.05) is 9.80 Å². The van der Waals surface area contributed by atoms with Crippen molar-refractivity contribution < 1.29 is 55.0 Å². The van der Waals surface area contributed by atoms with Crippen LogP contribution in [-0.2, 0) is 24.6 Å². The summed E-state index contributed by atoms with van der Waals surface area (Å²) in [5.74, 6) is -4.80. The molecule has 0 N–H and O–H groups in total. The van der Waals surface area contributed by atoms with Crippen LogP contribution in [0.15, 0.2) is 115 Å². The average molecular weight is 994 g/mol.